The summed E-state index contributed by atoms with van der Waals surface area (Å²) in [6.07, 6.45) is 4.13. The van der Waals surface area contributed by atoms with E-state index in [1.165, 1.54) is 4.90 Å². The number of likely N-dealkylation sites (tertiary alicyclic amines) is 1. The van der Waals surface area contributed by atoms with Crippen LogP contribution in [0.1, 0.15) is 37.7 Å². The minimum atomic E-state index is -0.925. The third-order valence-corrected chi connectivity index (χ3v) is 4.79. The number of amides is 1. The highest BCUT2D eigenvalue weighted by molar-refractivity contribution is 5.81. The standard InChI is InChI=1S/C17H21NO4/c19-16(20)15-10-13-8-4-5-9-14(13)18(15)17(21)22-11-12-6-2-1-3-7-12/h1-3,6-7,13-15H,4-5,8-11H2,(H,19,20)/t13-,14+,15-/m0/s1. The minimum absolute atomic E-state index is 0.0260. The summed E-state index contributed by atoms with van der Waals surface area (Å²) >= 11 is 0. The van der Waals surface area contributed by atoms with Crippen molar-refractivity contribution in [3.63, 3.8) is 0 Å². The van der Waals surface area contributed by atoms with Crippen LogP contribution < -0.4 is 0 Å². The van der Waals surface area contributed by atoms with Gasteiger partial charge in [-0.3, -0.25) is 4.90 Å². The maximum Gasteiger partial charge on any atom is 0.411 e. The predicted molar refractivity (Wildman–Crippen MR) is 80.3 cm³/mol. The van der Waals surface area contributed by atoms with E-state index >= 15 is 0 Å². The zero-order valence-electron chi connectivity index (χ0n) is 12.5. The van der Waals surface area contributed by atoms with Gasteiger partial charge in [-0.25, -0.2) is 9.59 Å². The van der Waals surface area contributed by atoms with Crippen LogP contribution in [0.2, 0.25) is 0 Å². The van der Waals surface area contributed by atoms with Crippen LogP contribution in [-0.4, -0.2) is 34.2 Å². The molecular weight excluding hydrogens is 282 g/mol. The summed E-state index contributed by atoms with van der Waals surface area (Å²) < 4.78 is 5.37. The molecule has 0 spiro atoms. The molecule has 1 amide bonds. The van der Waals surface area contributed by atoms with Gasteiger partial charge in [0.15, 0.2) is 0 Å². The van der Waals surface area contributed by atoms with Crippen LogP contribution in [0.25, 0.3) is 0 Å². The summed E-state index contributed by atoms with van der Waals surface area (Å²) in [7, 11) is 0. The second kappa shape index (κ2) is 6.38. The molecule has 3 rings (SSSR count). The molecule has 0 radical (unpaired) electrons. The predicted octanol–water partition coefficient (Wildman–Crippen LogP) is 3.04. The average Bonchev–Trinajstić information content (AvgIpc) is 2.93. The monoisotopic (exact) mass is 303 g/mol. The van der Waals surface area contributed by atoms with Gasteiger partial charge in [0.2, 0.25) is 0 Å². The highest BCUT2D eigenvalue weighted by Gasteiger charge is 2.48. The van der Waals surface area contributed by atoms with Gasteiger partial charge in [0.05, 0.1) is 0 Å². The number of nitrogens with zero attached hydrogens (tertiary/aromatic N) is 1. The van der Waals surface area contributed by atoms with Gasteiger partial charge >= 0.3 is 12.1 Å². The fraction of sp³-hybridized carbons (Fsp3) is 0.529. The molecule has 0 bridgehead atoms. The zero-order valence-corrected chi connectivity index (χ0v) is 12.5. The third-order valence-electron chi connectivity index (χ3n) is 4.79. The van der Waals surface area contributed by atoms with Crippen LogP contribution >= 0.6 is 0 Å². The number of hydrogen-bond acceptors (Lipinski definition) is 3. The van der Waals surface area contributed by atoms with Crippen molar-refractivity contribution in [1.29, 1.82) is 0 Å². The molecule has 1 heterocycles. The van der Waals surface area contributed by atoms with E-state index in [1.807, 2.05) is 30.3 Å². The molecule has 1 aliphatic carbocycles. The number of aliphatic carboxylic acids is 1. The molecule has 118 valence electrons. The van der Waals surface area contributed by atoms with Crippen molar-refractivity contribution < 1.29 is 19.4 Å². The lowest BCUT2D eigenvalue weighted by molar-refractivity contribution is -0.142. The number of ether oxygens (including phenoxy) is 1. The number of carbonyl (C=O) groups is 2. The lowest BCUT2D eigenvalue weighted by atomic mass is 9.85. The third kappa shape index (κ3) is 2.93. The van der Waals surface area contributed by atoms with Crippen molar-refractivity contribution in [3.8, 4) is 0 Å². The highest BCUT2D eigenvalue weighted by atomic mass is 16.6. The number of carboxylic acids is 1. The Morgan fingerprint density at radius 1 is 1.18 bits per heavy atom. The van der Waals surface area contributed by atoms with Gasteiger partial charge in [0.1, 0.15) is 12.6 Å². The van der Waals surface area contributed by atoms with E-state index in [1.54, 1.807) is 0 Å². The number of hydrogen-bond donors (Lipinski definition) is 1. The Labute approximate surface area is 129 Å². The van der Waals surface area contributed by atoms with E-state index in [0.717, 1.165) is 31.2 Å². The SMILES string of the molecule is O=C(O)[C@@H]1C[C@@H]2CCCC[C@H]2N1C(=O)OCc1ccccc1. The number of carboxylic acid groups (broad SMARTS) is 1. The van der Waals surface area contributed by atoms with Gasteiger partial charge in [-0.1, -0.05) is 43.2 Å². The van der Waals surface area contributed by atoms with E-state index in [9.17, 15) is 14.7 Å². The Morgan fingerprint density at radius 3 is 2.64 bits per heavy atom. The number of carbonyl (C=O) groups excluding carboxylic acids is 1. The Kier molecular flexibility index (Phi) is 4.32. The van der Waals surface area contributed by atoms with Crippen molar-refractivity contribution in [2.45, 2.75) is 50.8 Å². The number of benzene rings is 1. The Morgan fingerprint density at radius 2 is 1.91 bits per heavy atom. The molecule has 0 unspecified atom stereocenters. The molecule has 1 aromatic rings. The fourth-order valence-electron chi connectivity index (χ4n) is 3.74. The van der Waals surface area contributed by atoms with E-state index < -0.39 is 18.1 Å². The summed E-state index contributed by atoms with van der Waals surface area (Å²) in [6, 6.07) is 8.73. The first-order valence-corrected chi connectivity index (χ1v) is 7.88. The second-order valence-electron chi connectivity index (χ2n) is 6.15. The van der Waals surface area contributed by atoms with Crippen molar-refractivity contribution in [2.75, 3.05) is 0 Å². The molecule has 1 N–H and O–H groups in total. The molecule has 1 saturated carbocycles. The largest absolute Gasteiger partial charge is 0.480 e. The molecule has 1 aliphatic heterocycles. The summed E-state index contributed by atoms with van der Waals surface area (Å²) in [6.45, 7) is 0.180. The molecule has 1 saturated heterocycles. The van der Waals surface area contributed by atoms with Crippen LogP contribution in [0.5, 0.6) is 0 Å². The first-order chi connectivity index (χ1) is 10.7. The minimum Gasteiger partial charge on any atom is -0.480 e. The van der Waals surface area contributed by atoms with E-state index in [-0.39, 0.29) is 12.6 Å². The average molecular weight is 303 g/mol. The fourth-order valence-corrected chi connectivity index (χ4v) is 3.74. The van der Waals surface area contributed by atoms with Crippen LogP contribution in [0, 0.1) is 5.92 Å². The topological polar surface area (TPSA) is 66.8 Å². The van der Waals surface area contributed by atoms with Crippen LogP contribution in [0.4, 0.5) is 4.79 Å². The molecule has 0 aromatic heterocycles. The van der Waals surface area contributed by atoms with Gasteiger partial charge in [0.25, 0.3) is 0 Å². The van der Waals surface area contributed by atoms with Gasteiger partial charge in [-0.15, -0.1) is 0 Å². The first-order valence-electron chi connectivity index (χ1n) is 7.88. The van der Waals surface area contributed by atoms with Gasteiger partial charge in [-0.05, 0) is 30.7 Å². The van der Waals surface area contributed by atoms with Crippen molar-refractivity contribution in [1.82, 2.24) is 4.90 Å². The van der Waals surface area contributed by atoms with Crippen molar-refractivity contribution in [3.05, 3.63) is 35.9 Å². The van der Waals surface area contributed by atoms with Crippen LogP contribution in [0.15, 0.2) is 30.3 Å². The number of fused-ring (bicyclic) bond motifs is 1. The Hall–Kier alpha value is -2.04. The van der Waals surface area contributed by atoms with E-state index in [4.69, 9.17) is 4.74 Å². The van der Waals surface area contributed by atoms with Gasteiger partial charge in [-0.2, -0.15) is 0 Å². The van der Waals surface area contributed by atoms with Crippen LogP contribution in [0.3, 0.4) is 0 Å². The summed E-state index contributed by atoms with van der Waals surface area (Å²) in [5.41, 5.74) is 0.905. The van der Waals surface area contributed by atoms with Crippen LogP contribution in [-0.2, 0) is 16.1 Å². The lowest BCUT2D eigenvalue weighted by Gasteiger charge is -2.32. The Balaban J connectivity index is 1.69. The summed E-state index contributed by atoms with van der Waals surface area (Å²) in [5, 5.41) is 9.42. The van der Waals surface area contributed by atoms with E-state index in [0.29, 0.717) is 12.3 Å². The smallest absolute Gasteiger partial charge is 0.411 e. The molecule has 1 aromatic carbocycles. The lowest BCUT2D eigenvalue weighted by Crippen LogP contribution is -2.46. The normalized spacial score (nSPS) is 27.3. The highest BCUT2D eigenvalue weighted by Crippen LogP contribution is 2.40. The molecule has 5 nitrogen and oxygen atoms in total. The summed E-state index contributed by atoms with van der Waals surface area (Å²) in [4.78, 5) is 25.4. The van der Waals surface area contributed by atoms with E-state index in [2.05, 4.69) is 0 Å². The summed E-state index contributed by atoms with van der Waals surface area (Å²) in [5.74, 6) is -0.620. The number of rotatable bonds is 3. The van der Waals surface area contributed by atoms with Gasteiger partial charge in [0, 0.05) is 6.04 Å². The Bertz CT molecular complexity index is 545. The maximum atomic E-state index is 12.4. The van der Waals surface area contributed by atoms with Crippen molar-refractivity contribution in [2.24, 2.45) is 5.92 Å². The quantitative estimate of drug-likeness (QED) is 0.932. The maximum absolute atomic E-state index is 12.4. The molecule has 5 heteroatoms. The van der Waals surface area contributed by atoms with Gasteiger partial charge < -0.3 is 9.84 Å². The van der Waals surface area contributed by atoms with Crippen molar-refractivity contribution >= 4 is 12.1 Å². The molecule has 22 heavy (non-hydrogen) atoms. The first kappa shape index (κ1) is 14.9. The second-order valence-corrected chi connectivity index (χ2v) is 6.15. The zero-order chi connectivity index (χ0) is 15.5. The molecule has 2 fully saturated rings. The molecule has 2 aliphatic rings. The molecule has 3 atom stereocenters. The molecular formula is C17H21NO4.